The maximum atomic E-state index is 14.6. The summed E-state index contributed by atoms with van der Waals surface area (Å²) in [6, 6.07) is 11.2. The zero-order valence-corrected chi connectivity index (χ0v) is 33.6. The number of nitrogens with one attached hydrogen (secondary N) is 1. The van der Waals surface area contributed by atoms with Gasteiger partial charge in [-0.2, -0.15) is 4.98 Å². The zero-order chi connectivity index (χ0) is 38.9. The molecule has 1 aliphatic heterocycles. The van der Waals surface area contributed by atoms with Gasteiger partial charge in [-0.05, 0) is 74.8 Å². The van der Waals surface area contributed by atoms with Crippen LogP contribution in [0, 0.1) is 24.7 Å². The molecule has 1 N–H and O–H groups in total. The fraction of sp³-hybridized carbons (Fsp3) is 0.475. The van der Waals surface area contributed by atoms with Crippen molar-refractivity contribution >= 4 is 27.7 Å². The zero-order valence-electron chi connectivity index (χ0n) is 32.8. The number of aromatic nitrogens is 4. The van der Waals surface area contributed by atoms with E-state index in [1.807, 2.05) is 52.9 Å². The molecule has 0 radical (unpaired) electrons. The van der Waals surface area contributed by atoms with Gasteiger partial charge in [-0.3, -0.25) is 9.78 Å². The lowest BCUT2D eigenvalue weighted by Crippen LogP contribution is -2.45. The number of amides is 1. The van der Waals surface area contributed by atoms with E-state index in [1.54, 1.807) is 29.4 Å². The van der Waals surface area contributed by atoms with Crippen molar-refractivity contribution in [3.63, 3.8) is 0 Å². The van der Waals surface area contributed by atoms with E-state index in [0.717, 1.165) is 17.9 Å². The van der Waals surface area contributed by atoms with Crippen molar-refractivity contribution in [3.8, 4) is 22.9 Å². The highest BCUT2D eigenvalue weighted by atomic mass is 32.2. The van der Waals surface area contributed by atoms with Gasteiger partial charge in [0.2, 0.25) is 11.8 Å². The van der Waals surface area contributed by atoms with E-state index in [4.69, 9.17) is 24.4 Å². The number of carbonyl (C=O) groups excluding carboxylic acids is 1. The molecule has 1 amide bonds. The van der Waals surface area contributed by atoms with E-state index in [2.05, 4.69) is 56.1 Å². The molecule has 2 aromatic heterocycles. The lowest BCUT2D eigenvalue weighted by Gasteiger charge is -2.35. The first-order chi connectivity index (χ1) is 24.7. The van der Waals surface area contributed by atoms with Gasteiger partial charge in [-0.25, -0.2) is 23.1 Å². The Hall–Kier alpha value is -4.78. The van der Waals surface area contributed by atoms with Gasteiger partial charge in [0, 0.05) is 30.3 Å². The molecule has 0 saturated carbocycles. The van der Waals surface area contributed by atoms with Crippen LogP contribution < -0.4 is 19.1 Å². The third kappa shape index (κ3) is 9.81. The van der Waals surface area contributed by atoms with Crippen LogP contribution >= 0.6 is 0 Å². The average Bonchev–Trinajstić information content (AvgIpc) is 3.05. The van der Waals surface area contributed by atoms with Crippen LogP contribution in [-0.2, 0) is 16.6 Å². The third-order valence-corrected chi connectivity index (χ3v) is 9.97. The van der Waals surface area contributed by atoms with Crippen LogP contribution in [0.4, 0.5) is 11.8 Å². The molecule has 0 spiro atoms. The van der Waals surface area contributed by atoms with Crippen LogP contribution in [0.3, 0.4) is 0 Å². The first-order valence-corrected chi connectivity index (χ1v) is 19.4. The lowest BCUT2D eigenvalue weighted by atomic mass is 9.87. The summed E-state index contributed by atoms with van der Waals surface area (Å²) in [4.78, 5) is 37.0. The summed E-state index contributed by atoms with van der Waals surface area (Å²) in [5, 5.41) is 0. The molecule has 13 heteroatoms. The fourth-order valence-electron chi connectivity index (χ4n) is 6.46. The number of benzene rings is 2. The van der Waals surface area contributed by atoms with Crippen LogP contribution in [0.25, 0.3) is 11.3 Å². The van der Waals surface area contributed by atoms with Crippen molar-refractivity contribution in [2.75, 3.05) is 29.8 Å². The summed E-state index contributed by atoms with van der Waals surface area (Å²) >= 11 is 0. The molecule has 4 aromatic rings. The highest BCUT2D eigenvalue weighted by Crippen LogP contribution is 2.38. The van der Waals surface area contributed by atoms with Crippen LogP contribution in [-0.4, -0.2) is 71.5 Å². The number of rotatable bonds is 8. The summed E-state index contributed by atoms with van der Waals surface area (Å²) in [7, 11) is -2.26. The van der Waals surface area contributed by atoms with Crippen molar-refractivity contribution in [3.05, 3.63) is 77.2 Å². The minimum Gasteiger partial charge on any atom is -0.490 e. The molecule has 5 rings (SSSR count). The molecule has 284 valence electrons. The second kappa shape index (κ2) is 15.3. The summed E-state index contributed by atoms with van der Waals surface area (Å²) in [6.07, 6.45) is 3.85. The SMILES string of the molecule is Cc1cccc(OC(C)C)c1-c1nc2nc(c1C)OC[C@@H](CC(C)(C)C)N(Cc1cnc(N(C)CC(C)(C)C)cn1)C(=O)c1cccc(c1)S(=O)(=O)N2. The Morgan fingerprint density at radius 1 is 1.00 bits per heavy atom. The molecule has 53 heavy (non-hydrogen) atoms. The van der Waals surface area contributed by atoms with Gasteiger partial charge in [0.1, 0.15) is 18.2 Å². The maximum Gasteiger partial charge on any atom is 0.264 e. The Balaban J connectivity index is 1.65. The molecule has 12 nitrogen and oxygen atoms in total. The molecule has 0 aliphatic carbocycles. The van der Waals surface area contributed by atoms with Crippen molar-refractivity contribution in [1.82, 2.24) is 24.8 Å². The maximum absolute atomic E-state index is 14.6. The molecular weight excluding hydrogens is 691 g/mol. The lowest BCUT2D eigenvalue weighted by molar-refractivity contribution is 0.0508. The van der Waals surface area contributed by atoms with Gasteiger partial charge in [-0.15, -0.1) is 0 Å². The van der Waals surface area contributed by atoms with Crippen LogP contribution in [0.1, 0.15) is 89.0 Å². The molecule has 0 saturated heterocycles. The number of fused-ring (bicyclic) bond motifs is 4. The second-order valence-corrected chi connectivity index (χ2v) is 18.2. The predicted molar refractivity (Wildman–Crippen MR) is 208 cm³/mol. The van der Waals surface area contributed by atoms with Gasteiger partial charge < -0.3 is 19.3 Å². The summed E-state index contributed by atoms with van der Waals surface area (Å²) < 4.78 is 43.1. The van der Waals surface area contributed by atoms with Crippen LogP contribution in [0.15, 0.2) is 59.8 Å². The number of hydrogen-bond donors (Lipinski definition) is 1. The smallest absolute Gasteiger partial charge is 0.264 e. The Morgan fingerprint density at radius 3 is 2.36 bits per heavy atom. The summed E-state index contributed by atoms with van der Waals surface area (Å²) in [6.45, 7) is 21.4. The van der Waals surface area contributed by atoms with E-state index in [0.29, 0.717) is 34.7 Å². The highest BCUT2D eigenvalue weighted by molar-refractivity contribution is 7.92. The first-order valence-electron chi connectivity index (χ1n) is 17.9. The van der Waals surface area contributed by atoms with Gasteiger partial charge >= 0.3 is 0 Å². The number of carbonyl (C=O) groups is 1. The Bertz CT molecular complexity index is 2060. The van der Waals surface area contributed by atoms with Crippen molar-refractivity contribution in [1.29, 1.82) is 0 Å². The number of sulfonamides is 1. The predicted octanol–water partition coefficient (Wildman–Crippen LogP) is 7.46. The van der Waals surface area contributed by atoms with Gasteiger partial charge in [0.05, 0.1) is 47.4 Å². The minimum atomic E-state index is -4.24. The Kier molecular flexibility index (Phi) is 11.4. The fourth-order valence-corrected chi connectivity index (χ4v) is 7.45. The van der Waals surface area contributed by atoms with E-state index >= 15 is 0 Å². The normalized spacial score (nSPS) is 16.2. The highest BCUT2D eigenvalue weighted by Gasteiger charge is 2.32. The van der Waals surface area contributed by atoms with Gasteiger partial charge in [0.15, 0.2) is 0 Å². The second-order valence-electron chi connectivity index (χ2n) is 16.5. The topological polar surface area (TPSA) is 140 Å². The van der Waals surface area contributed by atoms with E-state index in [-0.39, 0.29) is 58.3 Å². The summed E-state index contributed by atoms with van der Waals surface area (Å²) in [5.74, 6) is 0.995. The van der Waals surface area contributed by atoms with E-state index < -0.39 is 16.1 Å². The molecule has 0 unspecified atom stereocenters. The Labute approximate surface area is 314 Å². The summed E-state index contributed by atoms with van der Waals surface area (Å²) in [5.41, 5.74) is 3.28. The van der Waals surface area contributed by atoms with Gasteiger partial charge in [-0.1, -0.05) is 59.7 Å². The number of hydrogen-bond acceptors (Lipinski definition) is 10. The number of nitrogens with zero attached hydrogens (tertiary/aromatic N) is 6. The van der Waals surface area contributed by atoms with Crippen molar-refractivity contribution in [2.45, 2.75) is 99.2 Å². The Morgan fingerprint density at radius 2 is 1.72 bits per heavy atom. The average molecular weight is 744 g/mol. The number of anilines is 2. The third-order valence-electron chi connectivity index (χ3n) is 8.64. The van der Waals surface area contributed by atoms with Crippen molar-refractivity contribution < 1.29 is 22.7 Å². The molecule has 1 aliphatic rings. The molecule has 4 bridgehead atoms. The van der Waals surface area contributed by atoms with Crippen molar-refractivity contribution in [2.24, 2.45) is 10.8 Å². The number of aryl methyl sites for hydroxylation is 1. The quantitative estimate of drug-likeness (QED) is 0.193. The minimum absolute atomic E-state index is 0.0606. The molecule has 0 fully saturated rings. The van der Waals surface area contributed by atoms with E-state index in [9.17, 15) is 13.2 Å². The van der Waals surface area contributed by atoms with E-state index in [1.165, 1.54) is 12.1 Å². The standard InChI is InChI=1S/C40H53N7O5S/c1-25(2)52-32-17-12-14-26(3)34(32)35-27(4)36-44-38(43-35)45-53(49,50)31-16-13-15-28(18-31)37(48)47(30(23-51-36)19-39(5,6)7)22-29-20-42-33(21-41-29)46(11)24-40(8,9)10/h12-18,20-21,25,30H,19,22-24H2,1-11H3,(H,43,44,45)/t30-/m1/s1. The molecule has 3 heterocycles. The van der Waals surface area contributed by atoms with Gasteiger partial charge in [0.25, 0.3) is 15.9 Å². The molecule has 1 atom stereocenters. The molecule has 2 aromatic carbocycles. The van der Waals surface area contributed by atoms with Crippen LogP contribution in [0.2, 0.25) is 0 Å². The molecular formula is C40H53N7O5S. The monoisotopic (exact) mass is 743 g/mol. The largest absolute Gasteiger partial charge is 0.490 e. The first kappa shape index (κ1) is 39.4. The van der Waals surface area contributed by atoms with Crippen LogP contribution in [0.5, 0.6) is 11.6 Å². The number of ether oxygens (including phenoxy) is 2.